The first-order valence-electron chi connectivity index (χ1n) is 4.41. The van der Waals surface area contributed by atoms with Gasteiger partial charge in [0.25, 0.3) is 0 Å². The maximum absolute atomic E-state index is 10.5. The van der Waals surface area contributed by atoms with Crippen molar-refractivity contribution in [1.29, 1.82) is 0 Å². The van der Waals surface area contributed by atoms with Crippen molar-refractivity contribution in [2.75, 3.05) is 0 Å². The Morgan fingerprint density at radius 2 is 2.17 bits per heavy atom. The summed E-state index contributed by atoms with van der Waals surface area (Å²) in [5, 5.41) is 9.34. The molecular weight excluding hydrogens is 156 g/mol. The topological polar surface area (TPSA) is 46.5 Å². The summed E-state index contributed by atoms with van der Waals surface area (Å²) in [6.07, 6.45) is 1.74. The van der Waals surface area contributed by atoms with Gasteiger partial charge >= 0.3 is 5.97 Å². The van der Waals surface area contributed by atoms with Crippen molar-refractivity contribution in [1.82, 2.24) is 0 Å². The van der Waals surface area contributed by atoms with E-state index in [4.69, 9.17) is 4.74 Å². The lowest BCUT2D eigenvalue weighted by Gasteiger charge is -2.15. The maximum Gasteiger partial charge on any atom is 0.302 e. The molecule has 0 aromatic rings. The molecule has 1 N–H and O–H groups in total. The normalized spacial score (nSPS) is 15.3. The highest BCUT2D eigenvalue weighted by atomic mass is 16.5. The number of aliphatic hydroxyl groups excluding tert-OH is 1. The number of carbonyl (C=O) groups excluding carboxylic acids is 1. The molecule has 0 spiro atoms. The van der Waals surface area contributed by atoms with E-state index in [2.05, 4.69) is 0 Å². The summed E-state index contributed by atoms with van der Waals surface area (Å²) >= 11 is 0. The van der Waals surface area contributed by atoms with Crippen LogP contribution in [0.2, 0.25) is 0 Å². The monoisotopic (exact) mass is 174 g/mol. The van der Waals surface area contributed by atoms with Crippen LogP contribution in [0.5, 0.6) is 0 Å². The number of hydrogen-bond acceptors (Lipinski definition) is 3. The second kappa shape index (κ2) is 6.00. The van der Waals surface area contributed by atoms with E-state index in [1.165, 1.54) is 6.92 Å². The molecule has 72 valence electrons. The zero-order valence-electron chi connectivity index (χ0n) is 8.04. The van der Waals surface area contributed by atoms with E-state index in [1.54, 1.807) is 6.92 Å². The number of carbonyl (C=O) groups is 1. The lowest BCUT2D eigenvalue weighted by atomic mass is 10.1. The molecule has 0 aliphatic rings. The number of aliphatic hydroxyl groups is 1. The Bertz CT molecular complexity index is 134. The highest BCUT2D eigenvalue weighted by Crippen LogP contribution is 2.07. The van der Waals surface area contributed by atoms with E-state index in [0.717, 1.165) is 12.8 Å². The van der Waals surface area contributed by atoms with Crippen LogP contribution in [0, 0.1) is 0 Å². The van der Waals surface area contributed by atoms with Gasteiger partial charge in [-0.05, 0) is 13.3 Å². The highest BCUT2D eigenvalue weighted by Gasteiger charge is 2.11. The predicted molar refractivity (Wildman–Crippen MR) is 46.8 cm³/mol. The fraction of sp³-hybridized carbons (Fsp3) is 0.889. The van der Waals surface area contributed by atoms with Crippen LogP contribution in [0.15, 0.2) is 0 Å². The quantitative estimate of drug-likeness (QED) is 0.642. The van der Waals surface area contributed by atoms with E-state index < -0.39 is 0 Å². The molecule has 3 heteroatoms. The molecule has 0 aromatic carbocycles. The van der Waals surface area contributed by atoms with Gasteiger partial charge < -0.3 is 9.84 Å². The van der Waals surface area contributed by atoms with Crippen molar-refractivity contribution in [3.05, 3.63) is 0 Å². The predicted octanol–water partition coefficient (Wildman–Crippen LogP) is 1.49. The summed E-state index contributed by atoms with van der Waals surface area (Å²) in [4.78, 5) is 10.5. The number of esters is 1. The van der Waals surface area contributed by atoms with Crippen molar-refractivity contribution in [3.8, 4) is 0 Å². The van der Waals surface area contributed by atoms with Crippen LogP contribution in [-0.2, 0) is 9.53 Å². The molecule has 0 amide bonds. The Morgan fingerprint density at radius 1 is 1.58 bits per heavy atom. The van der Waals surface area contributed by atoms with Crippen LogP contribution >= 0.6 is 0 Å². The second-order valence-electron chi connectivity index (χ2n) is 3.10. The fourth-order valence-corrected chi connectivity index (χ4v) is 1.17. The third-order valence-electron chi connectivity index (χ3n) is 1.59. The van der Waals surface area contributed by atoms with Gasteiger partial charge in [-0.2, -0.15) is 0 Å². The Balaban J connectivity index is 3.53. The number of rotatable bonds is 5. The zero-order chi connectivity index (χ0) is 9.56. The molecule has 0 fully saturated rings. The SMILES string of the molecule is CCCC(O)CC(C)OC(C)=O. The van der Waals surface area contributed by atoms with Gasteiger partial charge in [0.15, 0.2) is 0 Å². The van der Waals surface area contributed by atoms with Crippen LogP contribution in [-0.4, -0.2) is 23.3 Å². The van der Waals surface area contributed by atoms with Crippen LogP contribution in [0.3, 0.4) is 0 Å². The lowest BCUT2D eigenvalue weighted by molar-refractivity contribution is -0.146. The molecule has 0 bridgehead atoms. The molecule has 3 nitrogen and oxygen atoms in total. The van der Waals surface area contributed by atoms with Crippen LogP contribution in [0.1, 0.15) is 40.0 Å². The summed E-state index contributed by atoms with van der Waals surface area (Å²) in [6, 6.07) is 0. The summed E-state index contributed by atoms with van der Waals surface area (Å²) < 4.78 is 4.87. The molecule has 0 aliphatic carbocycles. The molecule has 0 saturated carbocycles. The minimum atomic E-state index is -0.343. The molecule has 0 aliphatic heterocycles. The van der Waals surface area contributed by atoms with Gasteiger partial charge in [-0.15, -0.1) is 0 Å². The van der Waals surface area contributed by atoms with Gasteiger partial charge in [-0.3, -0.25) is 4.79 Å². The first-order valence-corrected chi connectivity index (χ1v) is 4.41. The molecular formula is C9H18O3. The Hall–Kier alpha value is -0.570. The van der Waals surface area contributed by atoms with Crippen molar-refractivity contribution in [3.63, 3.8) is 0 Å². The van der Waals surface area contributed by atoms with Crippen molar-refractivity contribution < 1.29 is 14.6 Å². The van der Waals surface area contributed by atoms with Crippen LogP contribution < -0.4 is 0 Å². The van der Waals surface area contributed by atoms with Gasteiger partial charge in [0.05, 0.1) is 6.10 Å². The van der Waals surface area contributed by atoms with E-state index in [-0.39, 0.29) is 18.2 Å². The van der Waals surface area contributed by atoms with Crippen LogP contribution in [0.4, 0.5) is 0 Å². The molecule has 0 saturated heterocycles. The third kappa shape index (κ3) is 6.16. The summed E-state index contributed by atoms with van der Waals surface area (Å²) in [5.41, 5.74) is 0. The van der Waals surface area contributed by atoms with Gasteiger partial charge in [0.1, 0.15) is 6.10 Å². The first kappa shape index (κ1) is 11.4. The average Bonchev–Trinajstić information content (AvgIpc) is 1.84. The van der Waals surface area contributed by atoms with Gasteiger partial charge in [0, 0.05) is 13.3 Å². The van der Waals surface area contributed by atoms with Gasteiger partial charge in [-0.1, -0.05) is 13.3 Å². The smallest absolute Gasteiger partial charge is 0.302 e. The summed E-state index contributed by atoms with van der Waals surface area (Å²) in [5.74, 6) is -0.286. The standard InChI is InChI=1S/C9H18O3/c1-4-5-9(11)6-7(2)12-8(3)10/h7,9,11H,4-6H2,1-3H3. The van der Waals surface area contributed by atoms with Crippen molar-refractivity contribution in [2.24, 2.45) is 0 Å². The van der Waals surface area contributed by atoms with Gasteiger partial charge in [0.2, 0.25) is 0 Å². The molecule has 2 atom stereocenters. The summed E-state index contributed by atoms with van der Waals surface area (Å²) in [7, 11) is 0. The molecule has 2 unspecified atom stereocenters. The van der Waals surface area contributed by atoms with E-state index >= 15 is 0 Å². The fourth-order valence-electron chi connectivity index (χ4n) is 1.17. The largest absolute Gasteiger partial charge is 0.463 e. The first-order chi connectivity index (χ1) is 5.56. The minimum absolute atomic E-state index is 0.177. The molecule has 12 heavy (non-hydrogen) atoms. The highest BCUT2D eigenvalue weighted by molar-refractivity contribution is 5.66. The molecule has 0 aromatic heterocycles. The Labute approximate surface area is 73.7 Å². The third-order valence-corrected chi connectivity index (χ3v) is 1.59. The molecule has 0 rings (SSSR count). The molecule has 0 heterocycles. The number of hydrogen-bond donors (Lipinski definition) is 1. The lowest BCUT2D eigenvalue weighted by Crippen LogP contribution is -2.19. The van der Waals surface area contributed by atoms with E-state index in [9.17, 15) is 9.90 Å². The molecule has 0 radical (unpaired) electrons. The van der Waals surface area contributed by atoms with Gasteiger partial charge in [-0.25, -0.2) is 0 Å². The van der Waals surface area contributed by atoms with Crippen molar-refractivity contribution >= 4 is 5.97 Å². The van der Waals surface area contributed by atoms with E-state index in [1.807, 2.05) is 6.92 Å². The zero-order valence-corrected chi connectivity index (χ0v) is 8.04. The Morgan fingerprint density at radius 3 is 2.58 bits per heavy atom. The average molecular weight is 174 g/mol. The summed E-state index contributed by atoms with van der Waals surface area (Å²) in [6.45, 7) is 5.18. The minimum Gasteiger partial charge on any atom is -0.463 e. The Kier molecular flexibility index (Phi) is 5.72. The van der Waals surface area contributed by atoms with Crippen LogP contribution in [0.25, 0.3) is 0 Å². The number of ether oxygens (including phenoxy) is 1. The maximum atomic E-state index is 10.5. The van der Waals surface area contributed by atoms with E-state index in [0.29, 0.717) is 6.42 Å². The second-order valence-corrected chi connectivity index (χ2v) is 3.10. The van der Waals surface area contributed by atoms with Crippen molar-refractivity contribution in [2.45, 2.75) is 52.2 Å².